The second-order valence-electron chi connectivity index (χ2n) is 10.9. The number of nitrogens with zero attached hydrogens (tertiary/aromatic N) is 6. The van der Waals surface area contributed by atoms with Crippen molar-refractivity contribution in [3.05, 3.63) is 60.1 Å². The summed E-state index contributed by atoms with van der Waals surface area (Å²) in [5.74, 6) is 0.109. The predicted molar refractivity (Wildman–Crippen MR) is 146 cm³/mol. The van der Waals surface area contributed by atoms with E-state index in [1.54, 1.807) is 18.5 Å². The fourth-order valence-corrected chi connectivity index (χ4v) is 6.64. The topological polar surface area (TPSA) is 165 Å². The smallest absolute Gasteiger partial charge is 0.256 e. The number of carbonyl (C=O) groups is 1. The van der Waals surface area contributed by atoms with E-state index in [1.807, 2.05) is 30.7 Å². The highest BCUT2D eigenvalue weighted by molar-refractivity contribution is 7.90. The zero-order valence-electron chi connectivity index (χ0n) is 22.2. The second-order valence-corrected chi connectivity index (χ2v) is 13.0. The van der Waals surface area contributed by atoms with E-state index in [4.69, 9.17) is 0 Å². The average Bonchev–Trinajstić information content (AvgIpc) is 3.40. The molecule has 1 amide bonds. The number of carbonyl (C=O) groups excluding carboxylic acids is 1. The van der Waals surface area contributed by atoms with E-state index in [0.717, 1.165) is 15.3 Å². The van der Waals surface area contributed by atoms with Crippen LogP contribution >= 0.6 is 0 Å². The number of fused-ring (bicyclic) bond motifs is 1. The zero-order valence-corrected chi connectivity index (χ0v) is 23.0. The van der Waals surface area contributed by atoms with Gasteiger partial charge in [-0.3, -0.25) is 9.78 Å². The molecule has 2 aliphatic carbocycles. The largest absolute Gasteiger partial charge is 0.390 e. The molecule has 0 aliphatic heterocycles. The Hall–Kier alpha value is -3.68. The number of aliphatic hydroxyl groups excluding tert-OH is 2. The number of nitrogens with one attached hydrogen (secondary N) is 1. The first kappa shape index (κ1) is 26.5. The molecule has 210 valence electrons. The number of hydrogen-bond donors (Lipinski definition) is 3. The lowest BCUT2D eigenvalue weighted by Gasteiger charge is -2.11. The molecule has 4 aromatic heterocycles. The summed E-state index contributed by atoms with van der Waals surface area (Å²) in [5, 5.41) is 27.0. The molecular formula is C27H31N7O5S. The van der Waals surface area contributed by atoms with Crippen molar-refractivity contribution in [3.8, 4) is 11.4 Å². The Balaban J connectivity index is 1.24. The van der Waals surface area contributed by atoms with Gasteiger partial charge in [-0.1, -0.05) is 0 Å². The second kappa shape index (κ2) is 10.1. The zero-order chi connectivity index (χ0) is 28.2. The van der Waals surface area contributed by atoms with Crippen molar-refractivity contribution in [3.63, 3.8) is 0 Å². The van der Waals surface area contributed by atoms with Crippen LogP contribution < -0.4 is 5.32 Å². The molecule has 0 spiro atoms. The Labute approximate surface area is 231 Å². The van der Waals surface area contributed by atoms with Gasteiger partial charge >= 0.3 is 0 Å². The Bertz CT molecular complexity index is 1680. The molecular weight excluding hydrogens is 534 g/mol. The van der Waals surface area contributed by atoms with Crippen LogP contribution in [-0.4, -0.2) is 76.7 Å². The highest BCUT2D eigenvalue weighted by Gasteiger charge is 2.38. The highest BCUT2D eigenvalue weighted by Crippen LogP contribution is 2.30. The maximum absolute atomic E-state index is 13.1. The number of amides is 1. The molecule has 0 saturated heterocycles. The predicted octanol–water partition coefficient (Wildman–Crippen LogP) is 1.82. The van der Waals surface area contributed by atoms with Crippen molar-refractivity contribution in [1.82, 2.24) is 34.0 Å². The molecule has 0 bridgehead atoms. The van der Waals surface area contributed by atoms with E-state index in [1.165, 1.54) is 12.4 Å². The number of rotatable bonds is 8. The third-order valence-electron chi connectivity index (χ3n) is 7.51. The van der Waals surface area contributed by atoms with E-state index in [0.29, 0.717) is 60.1 Å². The van der Waals surface area contributed by atoms with E-state index >= 15 is 0 Å². The van der Waals surface area contributed by atoms with Crippen LogP contribution in [0, 0.1) is 0 Å². The van der Waals surface area contributed by atoms with Crippen molar-refractivity contribution in [2.45, 2.75) is 75.5 Å². The summed E-state index contributed by atoms with van der Waals surface area (Å²) in [6.45, 7) is 4.07. The minimum absolute atomic E-state index is 0.0866. The Morgan fingerprint density at radius 3 is 2.55 bits per heavy atom. The van der Waals surface area contributed by atoms with E-state index in [9.17, 15) is 23.4 Å². The van der Waals surface area contributed by atoms with Gasteiger partial charge in [-0.2, -0.15) is 9.19 Å². The van der Waals surface area contributed by atoms with Crippen LogP contribution in [0.25, 0.3) is 22.3 Å². The van der Waals surface area contributed by atoms with Crippen molar-refractivity contribution in [1.29, 1.82) is 0 Å². The monoisotopic (exact) mass is 565 g/mol. The van der Waals surface area contributed by atoms with Crippen LogP contribution in [0.2, 0.25) is 0 Å². The van der Waals surface area contributed by atoms with Crippen molar-refractivity contribution >= 4 is 26.8 Å². The standard InChI is InChI=1S/C27H31N7O5S/c1-15(2)33-14-22(27(37)32-19-9-24(35)25(36)10-19)21-12-29-18(8-23(21)33)7-17-5-6-28-26(31-17)16-11-30-34(13-16)40(38,39)20-3-4-20/h5-6,8,11-15,19-20,24-25,35-36H,3-4,7,9-10H2,1-2H3,(H,32,37)/t19?,24-,25+. The molecule has 0 aromatic carbocycles. The fourth-order valence-electron chi connectivity index (χ4n) is 5.16. The van der Waals surface area contributed by atoms with Gasteiger partial charge in [0.25, 0.3) is 15.9 Å². The van der Waals surface area contributed by atoms with Gasteiger partial charge in [-0.15, -0.1) is 0 Å². The van der Waals surface area contributed by atoms with Crippen molar-refractivity contribution in [2.24, 2.45) is 0 Å². The first-order valence-electron chi connectivity index (χ1n) is 13.4. The average molecular weight is 566 g/mol. The third kappa shape index (κ3) is 5.00. The SMILES string of the molecule is CC(C)n1cc(C(=O)NC2C[C@@H](O)[C@@H](O)C2)c2cnc(Cc3ccnc(-c4cnn(S(=O)(=O)C5CC5)c4)n3)cc21. The van der Waals surface area contributed by atoms with E-state index in [2.05, 4.69) is 25.4 Å². The summed E-state index contributed by atoms with van der Waals surface area (Å²) in [4.78, 5) is 26.7. The van der Waals surface area contributed by atoms with Crippen LogP contribution in [-0.2, 0) is 16.4 Å². The van der Waals surface area contributed by atoms with Gasteiger partial charge < -0.3 is 20.1 Å². The van der Waals surface area contributed by atoms with Crippen LogP contribution in [0.1, 0.15) is 67.3 Å². The summed E-state index contributed by atoms with van der Waals surface area (Å²) < 4.78 is 28.0. The minimum Gasteiger partial charge on any atom is -0.390 e. The molecule has 12 nitrogen and oxygen atoms in total. The Morgan fingerprint density at radius 2 is 1.85 bits per heavy atom. The van der Waals surface area contributed by atoms with Crippen molar-refractivity contribution in [2.75, 3.05) is 0 Å². The summed E-state index contributed by atoms with van der Waals surface area (Å²) in [6.07, 6.45) is 8.71. The normalized spacial score (nSPS) is 21.4. The fraction of sp³-hybridized carbons (Fsp3) is 0.444. The third-order valence-corrected chi connectivity index (χ3v) is 9.54. The van der Waals surface area contributed by atoms with E-state index < -0.39 is 22.2 Å². The number of pyridine rings is 1. The van der Waals surface area contributed by atoms with Crippen LogP contribution in [0.4, 0.5) is 0 Å². The highest BCUT2D eigenvalue weighted by atomic mass is 32.2. The van der Waals surface area contributed by atoms with Crippen LogP contribution in [0.15, 0.2) is 43.1 Å². The van der Waals surface area contributed by atoms with Gasteiger partial charge in [0.05, 0.1) is 52.2 Å². The first-order chi connectivity index (χ1) is 19.1. The first-order valence-corrected chi connectivity index (χ1v) is 14.9. The van der Waals surface area contributed by atoms with E-state index in [-0.39, 0.29) is 23.2 Å². The van der Waals surface area contributed by atoms with Crippen LogP contribution in [0.5, 0.6) is 0 Å². The molecule has 0 radical (unpaired) electrons. The molecule has 13 heteroatoms. The molecule has 1 unspecified atom stereocenters. The summed E-state index contributed by atoms with van der Waals surface area (Å²) >= 11 is 0. The van der Waals surface area contributed by atoms with Crippen molar-refractivity contribution < 1.29 is 23.4 Å². The lowest BCUT2D eigenvalue weighted by atomic mass is 10.1. The maximum atomic E-state index is 13.1. The number of aliphatic hydroxyl groups is 2. The molecule has 4 aromatic rings. The van der Waals surface area contributed by atoms with Gasteiger partial charge in [-0.05, 0) is 51.7 Å². The van der Waals surface area contributed by atoms with Gasteiger partial charge in [0.15, 0.2) is 5.82 Å². The maximum Gasteiger partial charge on any atom is 0.256 e. The lowest BCUT2D eigenvalue weighted by Crippen LogP contribution is -2.33. The van der Waals surface area contributed by atoms with Gasteiger partial charge in [0, 0.05) is 48.2 Å². The molecule has 40 heavy (non-hydrogen) atoms. The molecule has 2 aliphatic rings. The summed E-state index contributed by atoms with van der Waals surface area (Å²) in [5.41, 5.74) is 3.31. The molecule has 3 atom stereocenters. The Kier molecular flexibility index (Phi) is 6.67. The van der Waals surface area contributed by atoms with Gasteiger partial charge in [0.1, 0.15) is 0 Å². The molecule has 6 rings (SSSR count). The molecule has 2 fully saturated rings. The Morgan fingerprint density at radius 1 is 1.10 bits per heavy atom. The lowest BCUT2D eigenvalue weighted by molar-refractivity contribution is 0.0438. The molecule has 4 heterocycles. The summed E-state index contributed by atoms with van der Waals surface area (Å²) in [7, 11) is -3.47. The van der Waals surface area contributed by atoms with Gasteiger partial charge in [-0.25, -0.2) is 18.4 Å². The van der Waals surface area contributed by atoms with Gasteiger partial charge in [0.2, 0.25) is 0 Å². The minimum atomic E-state index is -3.47. The number of aromatic nitrogens is 6. The number of hydrogen-bond acceptors (Lipinski definition) is 9. The molecule has 3 N–H and O–H groups in total. The summed E-state index contributed by atoms with van der Waals surface area (Å²) in [6, 6.07) is 3.52. The van der Waals surface area contributed by atoms with Crippen LogP contribution in [0.3, 0.4) is 0 Å². The molecule has 2 saturated carbocycles. The quantitative estimate of drug-likeness (QED) is 0.289.